The van der Waals surface area contributed by atoms with Gasteiger partial charge in [-0.1, -0.05) is 37.3 Å². The van der Waals surface area contributed by atoms with E-state index in [1.54, 1.807) is 44.8 Å². The lowest BCUT2D eigenvalue weighted by molar-refractivity contribution is 0.0746. The molecule has 1 saturated heterocycles. The number of ether oxygens (including phenoxy) is 3. The van der Waals surface area contributed by atoms with E-state index in [0.29, 0.717) is 41.8 Å². The maximum atomic E-state index is 13.2. The summed E-state index contributed by atoms with van der Waals surface area (Å²) < 4.78 is 17.4. The van der Waals surface area contributed by atoms with Crippen molar-refractivity contribution in [3.8, 4) is 17.2 Å². The van der Waals surface area contributed by atoms with E-state index in [1.807, 2.05) is 4.90 Å². The number of anilines is 1. The van der Waals surface area contributed by atoms with E-state index in [1.165, 1.54) is 10.3 Å². The fraction of sp³-hybridized carbons (Fsp3) is 0.417. The molecule has 1 fully saturated rings. The highest BCUT2D eigenvalue weighted by molar-refractivity contribution is 7.22. The summed E-state index contributed by atoms with van der Waals surface area (Å²) in [4.78, 5) is 22.3. The average Bonchev–Trinajstić information content (AvgIpc) is 3.27. The highest BCUT2D eigenvalue weighted by atomic mass is 32.1. The van der Waals surface area contributed by atoms with Crippen LogP contribution in [0.2, 0.25) is 0 Å². The van der Waals surface area contributed by atoms with Crippen LogP contribution in [-0.2, 0) is 0 Å². The molecule has 8 heteroatoms. The first-order valence-corrected chi connectivity index (χ1v) is 11.5. The van der Waals surface area contributed by atoms with E-state index < -0.39 is 0 Å². The molecule has 1 aromatic heterocycles. The summed E-state index contributed by atoms with van der Waals surface area (Å²) >= 11 is 1.72. The van der Waals surface area contributed by atoms with Crippen molar-refractivity contribution in [3.05, 3.63) is 41.5 Å². The first-order valence-electron chi connectivity index (χ1n) is 10.7. The van der Waals surface area contributed by atoms with E-state index >= 15 is 0 Å². The number of piperazine rings is 1. The normalized spacial score (nSPS) is 14.2. The van der Waals surface area contributed by atoms with Gasteiger partial charge in [0, 0.05) is 31.7 Å². The third kappa shape index (κ3) is 4.07. The van der Waals surface area contributed by atoms with Crippen molar-refractivity contribution in [1.29, 1.82) is 0 Å². The summed E-state index contributed by atoms with van der Waals surface area (Å²) in [6, 6.07) is 9.80. The van der Waals surface area contributed by atoms with Gasteiger partial charge >= 0.3 is 0 Å². The molecule has 0 bridgehead atoms. The molecule has 2 heterocycles. The summed E-state index contributed by atoms with van der Waals surface area (Å²) in [5.41, 5.74) is 2.90. The Labute approximate surface area is 192 Å². The van der Waals surface area contributed by atoms with Gasteiger partial charge in [0.15, 0.2) is 16.6 Å². The molecule has 0 radical (unpaired) electrons. The fourth-order valence-corrected chi connectivity index (χ4v) is 5.10. The Morgan fingerprint density at radius 3 is 2.22 bits per heavy atom. The van der Waals surface area contributed by atoms with Crippen LogP contribution in [0.3, 0.4) is 0 Å². The average molecular weight is 456 g/mol. The molecule has 1 amide bonds. The number of carbonyl (C=O) groups is 1. The first kappa shape index (κ1) is 22.2. The summed E-state index contributed by atoms with van der Waals surface area (Å²) in [6.07, 6.45) is 0. The minimum atomic E-state index is -0.0460. The number of thiazole rings is 1. The van der Waals surface area contributed by atoms with Crippen molar-refractivity contribution >= 4 is 32.6 Å². The molecule has 0 aliphatic carbocycles. The van der Waals surface area contributed by atoms with Gasteiger partial charge in [0.1, 0.15) is 0 Å². The van der Waals surface area contributed by atoms with Crippen LogP contribution >= 0.6 is 11.3 Å². The first-order chi connectivity index (χ1) is 15.5. The molecule has 1 aliphatic rings. The van der Waals surface area contributed by atoms with Gasteiger partial charge in [0.05, 0.1) is 31.5 Å². The Morgan fingerprint density at radius 2 is 1.66 bits per heavy atom. The van der Waals surface area contributed by atoms with Crippen LogP contribution in [0.1, 0.15) is 35.7 Å². The van der Waals surface area contributed by atoms with E-state index in [2.05, 4.69) is 36.9 Å². The molecule has 0 unspecified atom stereocenters. The second-order valence-corrected chi connectivity index (χ2v) is 9.05. The maximum Gasteiger partial charge on any atom is 0.254 e. The molecule has 3 aromatic rings. The van der Waals surface area contributed by atoms with Crippen LogP contribution in [0.4, 0.5) is 5.13 Å². The second kappa shape index (κ2) is 9.24. The third-order valence-electron chi connectivity index (χ3n) is 5.81. The van der Waals surface area contributed by atoms with Gasteiger partial charge in [-0.3, -0.25) is 4.79 Å². The second-order valence-electron chi connectivity index (χ2n) is 8.04. The molecule has 2 aromatic carbocycles. The lowest BCUT2D eigenvalue weighted by Crippen LogP contribution is -2.48. The maximum absolute atomic E-state index is 13.2. The van der Waals surface area contributed by atoms with E-state index in [4.69, 9.17) is 19.2 Å². The molecule has 0 spiro atoms. The largest absolute Gasteiger partial charge is 0.493 e. The number of rotatable bonds is 6. The van der Waals surface area contributed by atoms with Crippen molar-refractivity contribution in [2.75, 3.05) is 52.4 Å². The van der Waals surface area contributed by atoms with Gasteiger partial charge in [-0.25, -0.2) is 4.98 Å². The van der Waals surface area contributed by atoms with E-state index in [-0.39, 0.29) is 5.91 Å². The summed E-state index contributed by atoms with van der Waals surface area (Å²) in [6.45, 7) is 7.13. The lowest BCUT2D eigenvalue weighted by Gasteiger charge is -2.34. The van der Waals surface area contributed by atoms with Crippen LogP contribution in [0.5, 0.6) is 17.2 Å². The lowest BCUT2D eigenvalue weighted by atomic mass is 10.0. The Balaban J connectivity index is 1.50. The molecule has 1 aliphatic heterocycles. The number of hydrogen-bond donors (Lipinski definition) is 0. The minimum Gasteiger partial charge on any atom is -0.493 e. The highest BCUT2D eigenvalue weighted by Gasteiger charge is 2.26. The molecule has 32 heavy (non-hydrogen) atoms. The van der Waals surface area contributed by atoms with Gasteiger partial charge in [0.2, 0.25) is 5.75 Å². The Morgan fingerprint density at radius 1 is 1.00 bits per heavy atom. The predicted octanol–water partition coefficient (Wildman–Crippen LogP) is 4.41. The number of amides is 1. The van der Waals surface area contributed by atoms with Crippen molar-refractivity contribution in [2.45, 2.75) is 19.8 Å². The zero-order valence-electron chi connectivity index (χ0n) is 19.2. The Hall–Kier alpha value is -3.00. The molecule has 0 saturated carbocycles. The van der Waals surface area contributed by atoms with Crippen LogP contribution < -0.4 is 19.1 Å². The third-order valence-corrected chi connectivity index (χ3v) is 6.89. The van der Waals surface area contributed by atoms with Gasteiger partial charge in [-0.15, -0.1) is 0 Å². The topological polar surface area (TPSA) is 64.1 Å². The molecule has 4 rings (SSSR count). The SMILES string of the molecule is COc1cc(C(=O)N2CCN(c3nc4c(C(C)C)cccc4s3)CC2)cc(OC)c1OC. The molecule has 0 N–H and O–H groups in total. The van der Waals surface area contributed by atoms with Crippen molar-refractivity contribution in [2.24, 2.45) is 0 Å². The number of para-hydroxylation sites is 1. The minimum absolute atomic E-state index is 0.0460. The van der Waals surface area contributed by atoms with Gasteiger partial charge in [-0.05, 0) is 29.7 Å². The number of fused-ring (bicyclic) bond motifs is 1. The van der Waals surface area contributed by atoms with Crippen molar-refractivity contribution < 1.29 is 19.0 Å². The van der Waals surface area contributed by atoms with Gasteiger partial charge in [0.25, 0.3) is 5.91 Å². The Bertz CT molecular complexity index is 1090. The van der Waals surface area contributed by atoms with Crippen LogP contribution in [0, 0.1) is 0 Å². The van der Waals surface area contributed by atoms with Crippen LogP contribution in [0.15, 0.2) is 30.3 Å². The summed E-state index contributed by atoms with van der Waals surface area (Å²) in [7, 11) is 4.65. The van der Waals surface area contributed by atoms with Crippen LogP contribution in [-0.4, -0.2) is 63.3 Å². The van der Waals surface area contributed by atoms with Gasteiger partial charge in [-0.2, -0.15) is 0 Å². The molecular weight excluding hydrogens is 426 g/mol. The predicted molar refractivity (Wildman–Crippen MR) is 128 cm³/mol. The van der Waals surface area contributed by atoms with Crippen LogP contribution in [0.25, 0.3) is 10.2 Å². The zero-order chi connectivity index (χ0) is 22.8. The molecule has 0 atom stereocenters. The summed E-state index contributed by atoms with van der Waals surface area (Å²) in [5, 5.41) is 1.02. The van der Waals surface area contributed by atoms with Crippen molar-refractivity contribution in [1.82, 2.24) is 9.88 Å². The molecule has 170 valence electrons. The monoisotopic (exact) mass is 455 g/mol. The number of nitrogens with zero attached hydrogens (tertiary/aromatic N) is 3. The number of hydrogen-bond acceptors (Lipinski definition) is 7. The van der Waals surface area contributed by atoms with Crippen molar-refractivity contribution in [3.63, 3.8) is 0 Å². The standard InChI is InChI=1S/C24H29N3O4S/c1-15(2)17-7-6-8-20-21(17)25-24(32-20)27-11-9-26(10-12-27)23(28)16-13-18(29-3)22(31-5)19(14-16)30-4/h6-8,13-15H,9-12H2,1-5H3. The Kier molecular flexibility index (Phi) is 6.41. The quantitative estimate of drug-likeness (QED) is 0.549. The highest BCUT2D eigenvalue weighted by Crippen LogP contribution is 2.39. The van der Waals surface area contributed by atoms with E-state index in [9.17, 15) is 4.79 Å². The zero-order valence-corrected chi connectivity index (χ0v) is 20.0. The molecule has 7 nitrogen and oxygen atoms in total. The number of methoxy groups -OCH3 is 3. The molecular formula is C24H29N3O4S. The number of benzene rings is 2. The number of carbonyl (C=O) groups excluding carboxylic acids is 1. The number of aromatic nitrogens is 1. The summed E-state index contributed by atoms with van der Waals surface area (Å²) in [5.74, 6) is 1.82. The van der Waals surface area contributed by atoms with E-state index in [0.717, 1.165) is 23.7 Å². The smallest absolute Gasteiger partial charge is 0.254 e. The fourth-order valence-electron chi connectivity index (χ4n) is 4.05. The van der Waals surface area contributed by atoms with Gasteiger partial charge < -0.3 is 24.0 Å².